The first-order valence-electron chi connectivity index (χ1n) is 6.89. The number of alkyl halides is 3. The average molecular weight is 287 g/mol. The minimum atomic E-state index is -4.67. The fourth-order valence-electron chi connectivity index (χ4n) is 2.75. The summed E-state index contributed by atoms with van der Waals surface area (Å²) in [6, 6.07) is 6.38. The van der Waals surface area contributed by atoms with E-state index >= 15 is 0 Å². The molecule has 0 amide bonds. The fourth-order valence-corrected chi connectivity index (χ4v) is 2.75. The Balaban J connectivity index is 2.16. The lowest BCUT2D eigenvalue weighted by molar-refractivity contribution is -0.274. The molecular weight excluding hydrogens is 267 g/mol. The van der Waals surface area contributed by atoms with Crippen molar-refractivity contribution in [1.29, 1.82) is 0 Å². The molecular formula is C15H20F3NO. The molecule has 1 atom stereocenters. The number of para-hydroxylation sites is 2. The quantitative estimate of drug-likeness (QED) is 0.847. The molecule has 1 saturated carbocycles. The lowest BCUT2D eigenvalue weighted by Gasteiger charge is -2.39. The summed E-state index contributed by atoms with van der Waals surface area (Å²) in [5.41, 5.74) is 0.480. The van der Waals surface area contributed by atoms with Gasteiger partial charge in [-0.05, 0) is 30.4 Å². The number of hydrogen-bond donors (Lipinski definition) is 1. The average Bonchev–Trinajstić information content (AvgIpc) is 2.32. The van der Waals surface area contributed by atoms with Gasteiger partial charge in [-0.15, -0.1) is 13.2 Å². The van der Waals surface area contributed by atoms with Gasteiger partial charge in [0, 0.05) is 6.04 Å². The van der Waals surface area contributed by atoms with Crippen molar-refractivity contribution in [3.63, 3.8) is 0 Å². The van der Waals surface area contributed by atoms with Crippen LogP contribution >= 0.6 is 0 Å². The highest BCUT2D eigenvalue weighted by Gasteiger charge is 2.35. The summed E-state index contributed by atoms with van der Waals surface area (Å²) in [6.45, 7) is 4.30. The summed E-state index contributed by atoms with van der Waals surface area (Å²) >= 11 is 0. The van der Waals surface area contributed by atoms with Crippen molar-refractivity contribution in [3.05, 3.63) is 24.3 Å². The molecule has 1 fully saturated rings. The van der Waals surface area contributed by atoms with Crippen LogP contribution in [0.2, 0.25) is 0 Å². The van der Waals surface area contributed by atoms with Crippen molar-refractivity contribution in [3.8, 4) is 5.75 Å². The van der Waals surface area contributed by atoms with Crippen LogP contribution in [-0.2, 0) is 0 Å². The topological polar surface area (TPSA) is 21.3 Å². The van der Waals surface area contributed by atoms with Crippen LogP contribution in [0.3, 0.4) is 0 Å². The van der Waals surface area contributed by atoms with E-state index in [-0.39, 0.29) is 17.2 Å². The third kappa shape index (κ3) is 3.81. The second kappa shape index (κ2) is 5.54. The van der Waals surface area contributed by atoms with E-state index in [0.717, 1.165) is 19.3 Å². The normalized spacial score (nSPS) is 22.4. The number of anilines is 1. The van der Waals surface area contributed by atoms with E-state index in [0.29, 0.717) is 5.69 Å². The molecule has 2 rings (SSSR count). The number of halogens is 3. The van der Waals surface area contributed by atoms with Crippen LogP contribution in [0.4, 0.5) is 18.9 Å². The summed E-state index contributed by atoms with van der Waals surface area (Å²) in [5.74, 6) is -0.165. The number of hydrogen-bond acceptors (Lipinski definition) is 2. The standard InChI is InChI=1S/C15H20F3NO/c1-14(2)10-6-5-9-13(14)19-11-7-3-4-8-12(11)20-15(16,17)18/h3-4,7-8,13,19H,5-6,9-10H2,1-2H3. The molecule has 0 spiro atoms. The SMILES string of the molecule is CC1(C)CCCCC1Nc1ccccc1OC(F)(F)F. The lowest BCUT2D eigenvalue weighted by Crippen LogP contribution is -2.39. The molecule has 0 aliphatic heterocycles. The van der Waals surface area contributed by atoms with Gasteiger partial charge < -0.3 is 10.1 Å². The molecule has 0 radical (unpaired) electrons. The Morgan fingerprint density at radius 2 is 1.90 bits per heavy atom. The monoisotopic (exact) mass is 287 g/mol. The van der Waals surface area contributed by atoms with Gasteiger partial charge in [-0.1, -0.05) is 38.8 Å². The molecule has 1 N–H and O–H groups in total. The third-order valence-electron chi connectivity index (χ3n) is 3.95. The highest BCUT2D eigenvalue weighted by molar-refractivity contribution is 5.57. The van der Waals surface area contributed by atoms with E-state index in [1.54, 1.807) is 12.1 Å². The van der Waals surface area contributed by atoms with Crippen LogP contribution in [-0.4, -0.2) is 12.4 Å². The molecule has 2 nitrogen and oxygen atoms in total. The van der Waals surface area contributed by atoms with E-state index in [9.17, 15) is 13.2 Å². The molecule has 1 aliphatic rings. The Labute approximate surface area is 117 Å². The number of nitrogens with one attached hydrogen (secondary N) is 1. The van der Waals surface area contributed by atoms with Gasteiger partial charge in [0.05, 0.1) is 5.69 Å². The first-order valence-corrected chi connectivity index (χ1v) is 6.89. The van der Waals surface area contributed by atoms with E-state index in [1.165, 1.54) is 18.6 Å². The second-order valence-electron chi connectivity index (χ2n) is 5.98. The van der Waals surface area contributed by atoms with Gasteiger partial charge in [0.25, 0.3) is 0 Å². The Kier molecular flexibility index (Phi) is 4.16. The predicted molar refractivity (Wildman–Crippen MR) is 72.8 cm³/mol. The summed E-state index contributed by atoms with van der Waals surface area (Å²) in [5, 5.41) is 3.24. The van der Waals surface area contributed by atoms with E-state index in [4.69, 9.17) is 0 Å². The van der Waals surface area contributed by atoms with Gasteiger partial charge in [-0.3, -0.25) is 0 Å². The van der Waals surface area contributed by atoms with Crippen LogP contribution in [0, 0.1) is 5.41 Å². The van der Waals surface area contributed by atoms with Crippen molar-refractivity contribution in [2.45, 2.75) is 51.9 Å². The van der Waals surface area contributed by atoms with Crippen molar-refractivity contribution in [1.82, 2.24) is 0 Å². The molecule has 1 aliphatic carbocycles. The van der Waals surface area contributed by atoms with Crippen LogP contribution in [0.5, 0.6) is 5.75 Å². The molecule has 1 aromatic carbocycles. The zero-order valence-electron chi connectivity index (χ0n) is 11.8. The molecule has 0 heterocycles. The Hall–Kier alpha value is -1.39. The number of rotatable bonds is 3. The van der Waals surface area contributed by atoms with Gasteiger partial charge in [0.1, 0.15) is 0 Å². The van der Waals surface area contributed by atoms with E-state index in [1.807, 2.05) is 0 Å². The van der Waals surface area contributed by atoms with Gasteiger partial charge in [-0.2, -0.15) is 0 Å². The molecule has 20 heavy (non-hydrogen) atoms. The maximum Gasteiger partial charge on any atom is 0.573 e. The predicted octanol–water partition coefficient (Wildman–Crippen LogP) is 4.97. The van der Waals surface area contributed by atoms with Crippen molar-refractivity contribution < 1.29 is 17.9 Å². The van der Waals surface area contributed by atoms with Crippen molar-refractivity contribution >= 4 is 5.69 Å². The fraction of sp³-hybridized carbons (Fsp3) is 0.600. The van der Waals surface area contributed by atoms with Gasteiger partial charge >= 0.3 is 6.36 Å². The third-order valence-corrected chi connectivity index (χ3v) is 3.95. The van der Waals surface area contributed by atoms with Gasteiger partial charge in [0.15, 0.2) is 5.75 Å². The zero-order valence-corrected chi connectivity index (χ0v) is 11.8. The van der Waals surface area contributed by atoms with Crippen LogP contribution < -0.4 is 10.1 Å². The maximum absolute atomic E-state index is 12.4. The molecule has 0 bridgehead atoms. The summed E-state index contributed by atoms with van der Waals surface area (Å²) in [6.07, 6.45) is -0.352. The highest BCUT2D eigenvalue weighted by atomic mass is 19.4. The summed E-state index contributed by atoms with van der Waals surface area (Å²) in [7, 11) is 0. The lowest BCUT2D eigenvalue weighted by atomic mass is 9.73. The molecule has 1 aromatic rings. The molecule has 0 aromatic heterocycles. The number of ether oxygens (including phenoxy) is 1. The first-order chi connectivity index (χ1) is 9.28. The van der Waals surface area contributed by atoms with E-state index < -0.39 is 6.36 Å². The van der Waals surface area contributed by atoms with E-state index in [2.05, 4.69) is 23.9 Å². The Morgan fingerprint density at radius 3 is 2.55 bits per heavy atom. The maximum atomic E-state index is 12.4. The highest BCUT2D eigenvalue weighted by Crippen LogP contribution is 2.39. The van der Waals surface area contributed by atoms with Gasteiger partial charge in [0.2, 0.25) is 0 Å². The largest absolute Gasteiger partial charge is 0.573 e. The molecule has 0 saturated heterocycles. The molecule has 112 valence electrons. The summed E-state index contributed by atoms with van der Waals surface area (Å²) < 4.78 is 41.3. The molecule has 5 heteroatoms. The minimum absolute atomic E-state index is 0.0730. The van der Waals surface area contributed by atoms with Crippen molar-refractivity contribution in [2.24, 2.45) is 5.41 Å². The smallest absolute Gasteiger partial charge is 0.404 e. The number of benzene rings is 1. The van der Waals surface area contributed by atoms with Crippen LogP contribution in [0.15, 0.2) is 24.3 Å². The Bertz CT molecular complexity index is 457. The van der Waals surface area contributed by atoms with Crippen LogP contribution in [0.25, 0.3) is 0 Å². The van der Waals surface area contributed by atoms with Crippen molar-refractivity contribution in [2.75, 3.05) is 5.32 Å². The molecule has 1 unspecified atom stereocenters. The van der Waals surface area contributed by atoms with Gasteiger partial charge in [-0.25, -0.2) is 0 Å². The second-order valence-corrected chi connectivity index (χ2v) is 5.98. The first kappa shape index (κ1) is 15.0. The zero-order chi connectivity index (χ0) is 14.8. The van der Waals surface area contributed by atoms with Crippen LogP contribution in [0.1, 0.15) is 39.5 Å². The Morgan fingerprint density at radius 1 is 1.20 bits per heavy atom. The summed E-state index contributed by atoms with van der Waals surface area (Å²) in [4.78, 5) is 0. The minimum Gasteiger partial charge on any atom is -0.404 e.